The highest BCUT2D eigenvalue weighted by Gasteiger charge is 2.22. The molecule has 0 spiro atoms. The SMILES string of the molecule is CCc1ccc(-c2csc(NC(=O)Nc3cccc(Cl)c3)c2C(=O)OC)cc1. The minimum absolute atomic E-state index is 0.331. The molecule has 0 aliphatic carbocycles. The first-order chi connectivity index (χ1) is 13.5. The largest absolute Gasteiger partial charge is 0.465 e. The first-order valence-corrected chi connectivity index (χ1v) is 9.90. The molecule has 5 nitrogen and oxygen atoms in total. The van der Waals surface area contributed by atoms with Crippen molar-refractivity contribution in [3.05, 3.63) is 70.1 Å². The van der Waals surface area contributed by atoms with E-state index in [0.717, 1.165) is 17.5 Å². The van der Waals surface area contributed by atoms with Crippen molar-refractivity contribution >= 4 is 45.6 Å². The third-order valence-electron chi connectivity index (χ3n) is 4.16. The highest BCUT2D eigenvalue weighted by molar-refractivity contribution is 7.15. The average molecular weight is 415 g/mol. The van der Waals surface area contributed by atoms with Gasteiger partial charge in [-0.25, -0.2) is 9.59 Å². The number of thiophene rings is 1. The van der Waals surface area contributed by atoms with Crippen LogP contribution in [0.2, 0.25) is 5.02 Å². The minimum atomic E-state index is -0.506. The van der Waals surface area contributed by atoms with E-state index in [-0.39, 0.29) is 0 Å². The minimum Gasteiger partial charge on any atom is -0.465 e. The van der Waals surface area contributed by atoms with Gasteiger partial charge in [-0.2, -0.15) is 0 Å². The van der Waals surface area contributed by atoms with Crippen molar-refractivity contribution < 1.29 is 14.3 Å². The van der Waals surface area contributed by atoms with E-state index in [1.54, 1.807) is 24.3 Å². The molecule has 1 aromatic heterocycles. The molecule has 28 heavy (non-hydrogen) atoms. The zero-order valence-electron chi connectivity index (χ0n) is 15.4. The first kappa shape index (κ1) is 19.9. The van der Waals surface area contributed by atoms with Gasteiger partial charge in [-0.1, -0.05) is 48.9 Å². The van der Waals surface area contributed by atoms with Crippen LogP contribution in [-0.4, -0.2) is 19.1 Å². The van der Waals surface area contributed by atoms with E-state index in [4.69, 9.17) is 16.3 Å². The Hall–Kier alpha value is -2.83. The summed E-state index contributed by atoms with van der Waals surface area (Å²) in [6, 6.07) is 14.3. The van der Waals surface area contributed by atoms with Gasteiger partial charge in [0.2, 0.25) is 0 Å². The molecule has 144 valence electrons. The van der Waals surface area contributed by atoms with E-state index >= 15 is 0 Å². The number of urea groups is 1. The number of methoxy groups -OCH3 is 1. The Bertz CT molecular complexity index is 999. The fourth-order valence-corrected chi connectivity index (χ4v) is 3.86. The highest BCUT2D eigenvalue weighted by atomic mass is 35.5. The number of nitrogens with one attached hydrogen (secondary N) is 2. The van der Waals surface area contributed by atoms with Gasteiger partial charge in [-0.3, -0.25) is 5.32 Å². The highest BCUT2D eigenvalue weighted by Crippen LogP contribution is 2.36. The van der Waals surface area contributed by atoms with Crippen LogP contribution in [0.15, 0.2) is 53.9 Å². The molecular weight excluding hydrogens is 396 g/mol. The van der Waals surface area contributed by atoms with Crippen molar-refractivity contribution in [3.8, 4) is 11.1 Å². The second-order valence-corrected chi connectivity index (χ2v) is 7.30. The number of ether oxygens (including phenoxy) is 1. The molecule has 7 heteroatoms. The number of benzene rings is 2. The van der Waals surface area contributed by atoms with Gasteiger partial charge in [-0.05, 0) is 35.7 Å². The summed E-state index contributed by atoms with van der Waals surface area (Å²) >= 11 is 7.20. The molecule has 2 amide bonds. The van der Waals surface area contributed by atoms with E-state index in [9.17, 15) is 9.59 Å². The van der Waals surface area contributed by atoms with Gasteiger partial charge in [0.15, 0.2) is 0 Å². The number of amides is 2. The molecule has 0 bridgehead atoms. The third-order valence-corrected chi connectivity index (χ3v) is 5.29. The lowest BCUT2D eigenvalue weighted by atomic mass is 10.0. The van der Waals surface area contributed by atoms with Crippen LogP contribution in [-0.2, 0) is 11.2 Å². The molecule has 2 N–H and O–H groups in total. The number of anilines is 2. The van der Waals surface area contributed by atoms with Crippen molar-refractivity contribution in [2.45, 2.75) is 13.3 Å². The summed E-state index contributed by atoms with van der Waals surface area (Å²) < 4.78 is 4.94. The van der Waals surface area contributed by atoms with E-state index in [1.165, 1.54) is 24.0 Å². The van der Waals surface area contributed by atoms with E-state index in [1.807, 2.05) is 29.6 Å². The van der Waals surface area contributed by atoms with E-state index in [0.29, 0.717) is 21.3 Å². The Kier molecular flexibility index (Phi) is 6.34. The normalized spacial score (nSPS) is 10.4. The van der Waals surface area contributed by atoms with Gasteiger partial charge in [0, 0.05) is 21.7 Å². The van der Waals surface area contributed by atoms with Crippen molar-refractivity contribution in [2.75, 3.05) is 17.7 Å². The average Bonchev–Trinajstić information content (AvgIpc) is 3.10. The molecule has 0 atom stereocenters. The number of esters is 1. The maximum absolute atomic E-state index is 12.4. The van der Waals surface area contributed by atoms with Gasteiger partial charge in [-0.15, -0.1) is 11.3 Å². The summed E-state index contributed by atoms with van der Waals surface area (Å²) in [6.07, 6.45) is 0.935. The van der Waals surface area contributed by atoms with Crippen LogP contribution < -0.4 is 10.6 Å². The number of halogens is 1. The van der Waals surface area contributed by atoms with E-state index in [2.05, 4.69) is 17.6 Å². The van der Waals surface area contributed by atoms with Crippen LogP contribution in [0, 0.1) is 0 Å². The summed E-state index contributed by atoms with van der Waals surface area (Å²) in [5.74, 6) is -0.506. The maximum Gasteiger partial charge on any atom is 0.341 e. The summed E-state index contributed by atoms with van der Waals surface area (Å²) in [5.41, 5.74) is 3.70. The Morgan fingerprint density at radius 1 is 1.11 bits per heavy atom. The van der Waals surface area contributed by atoms with Crippen LogP contribution in [0.5, 0.6) is 0 Å². The predicted molar refractivity (Wildman–Crippen MR) is 115 cm³/mol. The molecule has 0 fully saturated rings. The van der Waals surface area contributed by atoms with Gasteiger partial charge in [0.25, 0.3) is 0 Å². The zero-order valence-corrected chi connectivity index (χ0v) is 17.0. The van der Waals surface area contributed by atoms with Crippen molar-refractivity contribution in [3.63, 3.8) is 0 Å². The second-order valence-electron chi connectivity index (χ2n) is 5.99. The van der Waals surface area contributed by atoms with Crippen molar-refractivity contribution in [1.82, 2.24) is 0 Å². The molecule has 0 saturated heterocycles. The van der Waals surface area contributed by atoms with Gasteiger partial charge < -0.3 is 10.1 Å². The molecule has 0 aliphatic heterocycles. The standard InChI is InChI=1S/C21H19ClN2O3S/c1-3-13-7-9-14(10-8-13)17-12-28-19(18(17)20(25)27-2)24-21(26)23-16-6-4-5-15(22)11-16/h4-12H,3H2,1-2H3,(H2,23,24,26). The molecule has 0 radical (unpaired) electrons. The fourth-order valence-electron chi connectivity index (χ4n) is 2.72. The number of hydrogen-bond donors (Lipinski definition) is 2. The lowest BCUT2D eigenvalue weighted by Gasteiger charge is -2.09. The molecular formula is C21H19ClN2O3S. The Labute approximate surface area is 172 Å². The Balaban J connectivity index is 1.87. The van der Waals surface area contributed by atoms with E-state index < -0.39 is 12.0 Å². The summed E-state index contributed by atoms with van der Waals surface area (Å²) in [5, 5.41) is 8.20. The number of carbonyl (C=O) groups is 2. The van der Waals surface area contributed by atoms with Gasteiger partial charge in [0.1, 0.15) is 10.6 Å². The van der Waals surface area contributed by atoms with Crippen LogP contribution in [0.3, 0.4) is 0 Å². The number of aryl methyl sites for hydroxylation is 1. The van der Waals surface area contributed by atoms with Crippen LogP contribution in [0.25, 0.3) is 11.1 Å². The van der Waals surface area contributed by atoms with Crippen LogP contribution in [0.4, 0.5) is 15.5 Å². The quantitative estimate of drug-likeness (QED) is 0.498. The van der Waals surface area contributed by atoms with Crippen molar-refractivity contribution in [1.29, 1.82) is 0 Å². The fraction of sp³-hybridized carbons (Fsp3) is 0.143. The maximum atomic E-state index is 12.4. The monoisotopic (exact) mass is 414 g/mol. The number of carbonyl (C=O) groups excluding carboxylic acids is 2. The second kappa shape index (κ2) is 8.91. The molecule has 0 aliphatic rings. The lowest BCUT2D eigenvalue weighted by Crippen LogP contribution is -2.20. The van der Waals surface area contributed by atoms with Gasteiger partial charge >= 0.3 is 12.0 Å². The van der Waals surface area contributed by atoms with Crippen LogP contribution >= 0.6 is 22.9 Å². The van der Waals surface area contributed by atoms with Crippen molar-refractivity contribution in [2.24, 2.45) is 0 Å². The lowest BCUT2D eigenvalue weighted by molar-refractivity contribution is 0.0603. The smallest absolute Gasteiger partial charge is 0.341 e. The summed E-state index contributed by atoms with van der Waals surface area (Å²) in [6.45, 7) is 2.08. The molecule has 1 heterocycles. The summed E-state index contributed by atoms with van der Waals surface area (Å²) in [7, 11) is 1.32. The molecule has 0 unspecified atom stereocenters. The Morgan fingerprint density at radius 2 is 1.86 bits per heavy atom. The van der Waals surface area contributed by atoms with Gasteiger partial charge in [0.05, 0.1) is 7.11 Å². The van der Waals surface area contributed by atoms with Crippen LogP contribution in [0.1, 0.15) is 22.8 Å². The first-order valence-electron chi connectivity index (χ1n) is 8.64. The third kappa shape index (κ3) is 4.52. The zero-order chi connectivity index (χ0) is 20.1. The Morgan fingerprint density at radius 3 is 2.50 bits per heavy atom. The number of rotatable bonds is 5. The molecule has 0 saturated carbocycles. The topological polar surface area (TPSA) is 67.4 Å². The summed E-state index contributed by atoms with van der Waals surface area (Å²) in [4.78, 5) is 24.8. The molecule has 3 aromatic rings. The number of hydrogen-bond acceptors (Lipinski definition) is 4. The molecule has 3 rings (SSSR count). The molecule has 2 aromatic carbocycles. The predicted octanol–water partition coefficient (Wildman–Crippen LogP) is 6.06.